The first kappa shape index (κ1) is 26.0. The van der Waals surface area contributed by atoms with Crippen molar-refractivity contribution in [3.8, 4) is 5.69 Å². The minimum absolute atomic E-state index is 0.00458. The van der Waals surface area contributed by atoms with E-state index in [2.05, 4.69) is 12.2 Å². The monoisotopic (exact) mass is 515 g/mol. The van der Waals surface area contributed by atoms with Crippen LogP contribution in [0, 0.1) is 13.8 Å². The average molecular weight is 516 g/mol. The standard InChI is InChI=1S/C29H29N3O4S/c1-5-6-7-20-8-12-24(13-9-20)32-27(34)25(26(33)30-29(32)37)17-22-16-18(2)31(19(22)3)23-14-10-21(11-15-23)28(35)36-4/h8-17H,5-7H2,1-4H3,(H,30,33,37). The highest BCUT2D eigenvalue weighted by molar-refractivity contribution is 7.80. The van der Waals surface area contributed by atoms with Crippen LogP contribution in [0.2, 0.25) is 0 Å². The van der Waals surface area contributed by atoms with Crippen LogP contribution in [0.5, 0.6) is 0 Å². The second kappa shape index (κ2) is 10.9. The van der Waals surface area contributed by atoms with Gasteiger partial charge in [0.2, 0.25) is 0 Å². The summed E-state index contributed by atoms with van der Waals surface area (Å²) in [6.07, 6.45) is 4.77. The number of thiocarbonyl (C=S) groups is 1. The Hall–Kier alpha value is -4.04. The Morgan fingerprint density at radius 3 is 2.30 bits per heavy atom. The van der Waals surface area contributed by atoms with Crippen LogP contribution in [0.3, 0.4) is 0 Å². The second-order valence-corrected chi connectivity index (χ2v) is 9.31. The van der Waals surface area contributed by atoms with E-state index in [1.807, 2.05) is 60.9 Å². The number of nitrogens with one attached hydrogen (secondary N) is 1. The first-order chi connectivity index (χ1) is 17.7. The summed E-state index contributed by atoms with van der Waals surface area (Å²) < 4.78 is 6.77. The fraction of sp³-hybridized carbons (Fsp3) is 0.241. The highest BCUT2D eigenvalue weighted by Gasteiger charge is 2.34. The van der Waals surface area contributed by atoms with Gasteiger partial charge in [0, 0.05) is 17.1 Å². The molecule has 190 valence electrons. The molecule has 1 aliphatic heterocycles. The van der Waals surface area contributed by atoms with Gasteiger partial charge in [-0.05, 0) is 98.6 Å². The first-order valence-corrected chi connectivity index (χ1v) is 12.5. The van der Waals surface area contributed by atoms with E-state index in [0.717, 1.165) is 41.9 Å². The fourth-order valence-corrected chi connectivity index (χ4v) is 4.72. The Balaban J connectivity index is 1.66. The van der Waals surface area contributed by atoms with Crippen molar-refractivity contribution in [1.82, 2.24) is 9.88 Å². The summed E-state index contributed by atoms with van der Waals surface area (Å²) in [5.41, 5.74) is 5.59. The van der Waals surface area contributed by atoms with Crippen LogP contribution in [0.1, 0.15) is 52.6 Å². The number of benzene rings is 2. The third-order valence-corrected chi connectivity index (χ3v) is 6.72. The van der Waals surface area contributed by atoms with Crippen LogP contribution < -0.4 is 10.2 Å². The Bertz CT molecular complexity index is 1400. The predicted octanol–water partition coefficient (Wildman–Crippen LogP) is 5.05. The zero-order chi connectivity index (χ0) is 26.7. The molecule has 37 heavy (non-hydrogen) atoms. The maximum Gasteiger partial charge on any atom is 0.337 e. The molecule has 1 N–H and O–H groups in total. The SMILES string of the molecule is CCCCc1ccc(N2C(=O)C(=Cc3cc(C)n(-c4ccc(C(=O)OC)cc4)c3C)C(=O)NC2=S)cc1. The molecule has 2 heterocycles. The van der Waals surface area contributed by atoms with E-state index >= 15 is 0 Å². The Labute approximate surface area is 221 Å². The van der Waals surface area contributed by atoms with Gasteiger partial charge >= 0.3 is 5.97 Å². The van der Waals surface area contributed by atoms with Crippen molar-refractivity contribution in [2.45, 2.75) is 40.0 Å². The molecule has 0 bridgehead atoms. The van der Waals surface area contributed by atoms with E-state index in [4.69, 9.17) is 17.0 Å². The molecule has 8 heteroatoms. The highest BCUT2D eigenvalue weighted by Crippen LogP contribution is 2.27. The van der Waals surface area contributed by atoms with Crippen LogP contribution in [-0.2, 0) is 20.7 Å². The largest absolute Gasteiger partial charge is 0.465 e. The normalized spacial score (nSPS) is 14.8. The molecule has 0 saturated carbocycles. The number of aryl methyl sites for hydroxylation is 2. The first-order valence-electron chi connectivity index (χ1n) is 12.1. The van der Waals surface area contributed by atoms with Crippen molar-refractivity contribution in [3.63, 3.8) is 0 Å². The van der Waals surface area contributed by atoms with Gasteiger partial charge in [0.25, 0.3) is 11.8 Å². The second-order valence-electron chi connectivity index (χ2n) is 8.93. The number of carbonyl (C=O) groups excluding carboxylic acids is 3. The summed E-state index contributed by atoms with van der Waals surface area (Å²) in [7, 11) is 1.34. The molecule has 1 aromatic heterocycles. The number of anilines is 1. The molecule has 7 nitrogen and oxygen atoms in total. The maximum atomic E-state index is 13.5. The van der Waals surface area contributed by atoms with Gasteiger partial charge < -0.3 is 9.30 Å². The van der Waals surface area contributed by atoms with Crippen LogP contribution in [0.25, 0.3) is 11.8 Å². The molecule has 4 rings (SSSR count). The molecular weight excluding hydrogens is 486 g/mol. The summed E-state index contributed by atoms with van der Waals surface area (Å²) in [5, 5.41) is 2.71. The smallest absolute Gasteiger partial charge is 0.337 e. The Kier molecular flexibility index (Phi) is 7.69. The number of ether oxygens (including phenoxy) is 1. The van der Waals surface area contributed by atoms with Gasteiger partial charge in [-0.1, -0.05) is 25.5 Å². The van der Waals surface area contributed by atoms with Gasteiger partial charge in [-0.25, -0.2) is 4.79 Å². The van der Waals surface area contributed by atoms with Crippen molar-refractivity contribution in [2.75, 3.05) is 12.0 Å². The molecule has 3 aromatic rings. The zero-order valence-corrected chi connectivity index (χ0v) is 22.1. The molecule has 0 radical (unpaired) electrons. The average Bonchev–Trinajstić information content (AvgIpc) is 3.17. The summed E-state index contributed by atoms with van der Waals surface area (Å²) in [5.74, 6) is -1.40. The lowest BCUT2D eigenvalue weighted by atomic mass is 10.1. The van der Waals surface area contributed by atoms with E-state index < -0.39 is 17.8 Å². The number of rotatable bonds is 7. The maximum absolute atomic E-state index is 13.5. The van der Waals surface area contributed by atoms with E-state index in [0.29, 0.717) is 11.3 Å². The van der Waals surface area contributed by atoms with Crippen LogP contribution >= 0.6 is 12.2 Å². The predicted molar refractivity (Wildman–Crippen MR) is 148 cm³/mol. The van der Waals surface area contributed by atoms with Crippen LogP contribution in [0.15, 0.2) is 60.2 Å². The van der Waals surface area contributed by atoms with E-state index in [9.17, 15) is 14.4 Å². The van der Waals surface area contributed by atoms with Gasteiger partial charge in [0.05, 0.1) is 18.4 Å². The number of hydrogen-bond donors (Lipinski definition) is 1. The topological polar surface area (TPSA) is 80.6 Å². The quantitative estimate of drug-likeness (QED) is 0.206. The molecule has 1 aliphatic rings. The van der Waals surface area contributed by atoms with Crippen molar-refractivity contribution in [3.05, 3.63) is 88.2 Å². The lowest BCUT2D eigenvalue weighted by molar-refractivity contribution is -0.122. The van der Waals surface area contributed by atoms with Crippen molar-refractivity contribution >= 4 is 46.9 Å². The van der Waals surface area contributed by atoms with Crippen molar-refractivity contribution < 1.29 is 19.1 Å². The van der Waals surface area contributed by atoms with E-state index in [1.54, 1.807) is 18.2 Å². The Morgan fingerprint density at radius 1 is 1.03 bits per heavy atom. The minimum Gasteiger partial charge on any atom is -0.465 e. The number of carbonyl (C=O) groups is 3. The van der Waals surface area contributed by atoms with Gasteiger partial charge in [-0.2, -0.15) is 0 Å². The zero-order valence-electron chi connectivity index (χ0n) is 21.3. The number of nitrogens with zero attached hydrogens (tertiary/aromatic N) is 2. The van der Waals surface area contributed by atoms with Crippen LogP contribution in [0.4, 0.5) is 5.69 Å². The minimum atomic E-state index is -0.530. The summed E-state index contributed by atoms with van der Waals surface area (Å²) in [6, 6.07) is 16.6. The van der Waals surface area contributed by atoms with Crippen molar-refractivity contribution in [1.29, 1.82) is 0 Å². The number of esters is 1. The van der Waals surface area contributed by atoms with Gasteiger partial charge in [0.1, 0.15) is 5.57 Å². The van der Waals surface area contributed by atoms with Gasteiger partial charge in [-0.3, -0.25) is 19.8 Å². The lowest BCUT2D eigenvalue weighted by Crippen LogP contribution is -2.54. The van der Waals surface area contributed by atoms with E-state index in [1.165, 1.54) is 17.6 Å². The third-order valence-electron chi connectivity index (χ3n) is 6.43. The number of amides is 2. The number of methoxy groups -OCH3 is 1. The van der Waals surface area contributed by atoms with E-state index in [-0.39, 0.29) is 10.7 Å². The number of hydrogen-bond acceptors (Lipinski definition) is 5. The fourth-order valence-electron chi connectivity index (χ4n) is 4.44. The van der Waals surface area contributed by atoms with Crippen molar-refractivity contribution in [2.24, 2.45) is 0 Å². The molecule has 0 atom stereocenters. The molecule has 0 aliphatic carbocycles. The summed E-state index contributed by atoms with van der Waals surface area (Å²) in [4.78, 5) is 39.4. The number of unbranched alkanes of at least 4 members (excludes halogenated alkanes) is 1. The highest BCUT2D eigenvalue weighted by atomic mass is 32.1. The van der Waals surface area contributed by atoms with Crippen LogP contribution in [-0.4, -0.2) is 34.6 Å². The lowest BCUT2D eigenvalue weighted by Gasteiger charge is -2.29. The summed E-state index contributed by atoms with van der Waals surface area (Å²) >= 11 is 5.34. The number of aromatic nitrogens is 1. The molecule has 0 unspecified atom stereocenters. The summed E-state index contributed by atoms with van der Waals surface area (Å²) in [6.45, 7) is 6.00. The molecule has 1 fully saturated rings. The van der Waals surface area contributed by atoms with Gasteiger partial charge in [0.15, 0.2) is 5.11 Å². The van der Waals surface area contributed by atoms with Gasteiger partial charge in [-0.15, -0.1) is 0 Å². The molecular formula is C29H29N3O4S. The molecule has 0 spiro atoms. The molecule has 1 saturated heterocycles. The third kappa shape index (κ3) is 5.24. The molecule has 2 aromatic carbocycles. The molecule has 2 amide bonds. The Morgan fingerprint density at radius 2 is 1.68 bits per heavy atom.